The van der Waals surface area contributed by atoms with Crippen molar-refractivity contribution in [3.63, 3.8) is 0 Å². The molecule has 184 valence electrons. The first-order valence-electron chi connectivity index (χ1n) is 12.2. The van der Waals surface area contributed by atoms with Gasteiger partial charge in [0, 0.05) is 60.0 Å². The number of benzene rings is 1. The summed E-state index contributed by atoms with van der Waals surface area (Å²) in [5, 5.41) is 5.13. The van der Waals surface area contributed by atoms with Crippen LogP contribution in [0.4, 0.5) is 0 Å². The summed E-state index contributed by atoms with van der Waals surface area (Å²) >= 11 is 12.3. The first kappa shape index (κ1) is 24.3. The highest BCUT2D eigenvalue weighted by Crippen LogP contribution is 2.43. The number of halogens is 1. The summed E-state index contributed by atoms with van der Waals surface area (Å²) in [6.07, 6.45) is 1.86. The summed E-state index contributed by atoms with van der Waals surface area (Å²) in [6, 6.07) is 14.1. The first-order valence-corrected chi connectivity index (χ1v) is 13.0. The summed E-state index contributed by atoms with van der Waals surface area (Å²) < 4.78 is 7.86. The van der Waals surface area contributed by atoms with E-state index in [-0.39, 0.29) is 12.1 Å². The lowest BCUT2D eigenvalue weighted by Crippen LogP contribution is -2.42. The van der Waals surface area contributed by atoms with Gasteiger partial charge in [0.15, 0.2) is 5.11 Å². The average Bonchev–Trinajstić information content (AvgIpc) is 3.30. The SMILES string of the molecule is Cc1c([C@@H]2[C@@H](c3ccccn3)NC(=S)N2CCN2CCOCC2)c(C)n(-c2cccc(Cl)c2)c1C. The molecule has 2 aliphatic rings. The molecule has 0 saturated carbocycles. The van der Waals surface area contributed by atoms with E-state index in [9.17, 15) is 0 Å². The van der Waals surface area contributed by atoms with Crippen LogP contribution in [0.25, 0.3) is 5.69 Å². The van der Waals surface area contributed by atoms with Gasteiger partial charge >= 0.3 is 0 Å². The molecule has 1 aromatic carbocycles. The van der Waals surface area contributed by atoms with Crippen molar-refractivity contribution in [2.75, 3.05) is 39.4 Å². The van der Waals surface area contributed by atoms with E-state index >= 15 is 0 Å². The van der Waals surface area contributed by atoms with Crippen LogP contribution in [0.5, 0.6) is 0 Å². The highest BCUT2D eigenvalue weighted by Gasteiger charge is 2.42. The van der Waals surface area contributed by atoms with Crippen molar-refractivity contribution in [2.24, 2.45) is 0 Å². The molecule has 35 heavy (non-hydrogen) atoms. The molecule has 6 nitrogen and oxygen atoms in total. The van der Waals surface area contributed by atoms with Gasteiger partial charge in [-0.2, -0.15) is 0 Å². The van der Waals surface area contributed by atoms with Crippen molar-refractivity contribution in [3.05, 3.63) is 81.9 Å². The Morgan fingerprint density at radius 2 is 1.86 bits per heavy atom. The molecule has 5 rings (SSSR count). The molecular weight excluding hydrogens is 478 g/mol. The number of pyridine rings is 1. The Hall–Kier alpha value is -2.45. The second-order valence-electron chi connectivity index (χ2n) is 9.30. The van der Waals surface area contributed by atoms with Gasteiger partial charge in [0.1, 0.15) is 0 Å². The quantitative estimate of drug-likeness (QED) is 0.484. The van der Waals surface area contributed by atoms with Crippen LogP contribution in [-0.4, -0.2) is 63.9 Å². The van der Waals surface area contributed by atoms with Gasteiger partial charge in [0.05, 0.1) is 31.0 Å². The van der Waals surface area contributed by atoms with Crippen LogP contribution in [0.1, 0.15) is 40.3 Å². The van der Waals surface area contributed by atoms with Crippen molar-refractivity contribution in [1.29, 1.82) is 0 Å². The van der Waals surface area contributed by atoms with E-state index in [1.54, 1.807) is 0 Å². The molecule has 0 amide bonds. The van der Waals surface area contributed by atoms with E-state index in [0.29, 0.717) is 0 Å². The van der Waals surface area contributed by atoms with Gasteiger partial charge in [-0.1, -0.05) is 23.7 Å². The Morgan fingerprint density at radius 1 is 1.06 bits per heavy atom. The largest absolute Gasteiger partial charge is 0.379 e. The van der Waals surface area contributed by atoms with Crippen molar-refractivity contribution in [1.82, 2.24) is 24.7 Å². The molecule has 0 radical (unpaired) electrons. The number of rotatable bonds is 6. The summed E-state index contributed by atoms with van der Waals surface area (Å²) in [6.45, 7) is 11.9. The molecule has 2 aliphatic heterocycles. The first-order chi connectivity index (χ1) is 17.0. The zero-order chi connectivity index (χ0) is 24.5. The third-order valence-corrected chi connectivity index (χ3v) is 7.92. The normalized spacial score (nSPS) is 20.9. The van der Waals surface area contributed by atoms with E-state index < -0.39 is 0 Å². The summed E-state index contributed by atoms with van der Waals surface area (Å²) in [5.41, 5.74) is 7.07. The maximum Gasteiger partial charge on any atom is 0.170 e. The molecule has 0 spiro atoms. The van der Waals surface area contributed by atoms with Crippen molar-refractivity contribution >= 4 is 28.9 Å². The Kier molecular flexibility index (Phi) is 7.12. The van der Waals surface area contributed by atoms with Gasteiger partial charge in [0.25, 0.3) is 0 Å². The van der Waals surface area contributed by atoms with Crippen LogP contribution in [0.15, 0.2) is 48.7 Å². The van der Waals surface area contributed by atoms with Gasteiger partial charge < -0.3 is 19.5 Å². The van der Waals surface area contributed by atoms with Crippen molar-refractivity contribution < 1.29 is 4.74 Å². The molecule has 8 heteroatoms. The maximum absolute atomic E-state index is 6.36. The molecule has 2 fully saturated rings. The van der Waals surface area contributed by atoms with Gasteiger partial charge in [-0.15, -0.1) is 0 Å². The standard InChI is InChI=1S/C27H32ClN5OS/c1-18-19(2)33(22-8-6-7-21(28)17-22)20(3)24(18)26-25(23-9-4-5-10-29-23)30-27(35)32(26)12-11-31-13-15-34-16-14-31/h4-10,17,25-26H,11-16H2,1-3H3,(H,30,35)/t25-,26-/m1/s1. The Bertz CT molecular complexity index is 1210. The molecule has 2 aromatic heterocycles. The van der Waals surface area contributed by atoms with Crippen LogP contribution in [0, 0.1) is 20.8 Å². The van der Waals surface area contributed by atoms with Gasteiger partial charge in [0.2, 0.25) is 0 Å². The highest BCUT2D eigenvalue weighted by molar-refractivity contribution is 7.80. The Balaban J connectivity index is 1.57. The molecule has 0 unspecified atom stereocenters. The molecule has 0 aliphatic carbocycles. The highest BCUT2D eigenvalue weighted by atomic mass is 35.5. The topological polar surface area (TPSA) is 45.6 Å². The molecule has 2 saturated heterocycles. The number of nitrogens with one attached hydrogen (secondary N) is 1. The van der Waals surface area contributed by atoms with Crippen LogP contribution in [0.2, 0.25) is 5.02 Å². The average molecular weight is 510 g/mol. The van der Waals surface area contributed by atoms with Crippen LogP contribution in [-0.2, 0) is 4.74 Å². The number of hydrogen-bond donors (Lipinski definition) is 1. The molecule has 2 atom stereocenters. The van der Waals surface area contributed by atoms with Crippen LogP contribution < -0.4 is 5.32 Å². The number of hydrogen-bond acceptors (Lipinski definition) is 4. The van der Waals surface area contributed by atoms with Gasteiger partial charge in [-0.05, 0) is 68.9 Å². The fourth-order valence-corrected chi connectivity index (χ4v) is 5.99. The molecule has 3 aromatic rings. The van der Waals surface area contributed by atoms with E-state index in [2.05, 4.69) is 52.6 Å². The lowest BCUT2D eigenvalue weighted by Gasteiger charge is -2.32. The second kappa shape index (κ2) is 10.3. The Morgan fingerprint density at radius 3 is 2.57 bits per heavy atom. The third kappa shape index (κ3) is 4.70. The fourth-order valence-electron chi connectivity index (χ4n) is 5.48. The van der Waals surface area contributed by atoms with E-state index in [0.717, 1.165) is 60.9 Å². The van der Waals surface area contributed by atoms with Crippen molar-refractivity contribution in [2.45, 2.75) is 32.9 Å². The predicted octanol–water partition coefficient (Wildman–Crippen LogP) is 4.76. The zero-order valence-electron chi connectivity index (χ0n) is 20.5. The molecule has 4 heterocycles. The summed E-state index contributed by atoms with van der Waals surface area (Å²) in [5.74, 6) is 0. The van der Waals surface area contributed by atoms with E-state index in [4.69, 9.17) is 33.5 Å². The molecule has 1 N–H and O–H groups in total. The van der Waals surface area contributed by atoms with E-state index in [1.165, 1.54) is 22.5 Å². The van der Waals surface area contributed by atoms with E-state index in [1.807, 2.05) is 36.5 Å². The Labute approximate surface area is 217 Å². The molecule has 0 bridgehead atoms. The van der Waals surface area contributed by atoms with Crippen molar-refractivity contribution in [3.8, 4) is 5.69 Å². The van der Waals surface area contributed by atoms with Gasteiger partial charge in [-0.25, -0.2) is 0 Å². The van der Waals surface area contributed by atoms with Crippen LogP contribution >= 0.6 is 23.8 Å². The second-order valence-corrected chi connectivity index (χ2v) is 10.1. The third-order valence-electron chi connectivity index (χ3n) is 7.33. The van der Waals surface area contributed by atoms with Gasteiger partial charge in [-0.3, -0.25) is 9.88 Å². The number of aromatic nitrogens is 2. The number of thiocarbonyl (C=S) groups is 1. The number of morpholine rings is 1. The smallest absolute Gasteiger partial charge is 0.170 e. The lowest BCUT2D eigenvalue weighted by atomic mass is 9.93. The molecular formula is C27H32ClN5OS. The zero-order valence-corrected chi connectivity index (χ0v) is 22.1. The minimum atomic E-state index is -0.0274. The monoisotopic (exact) mass is 509 g/mol. The lowest BCUT2D eigenvalue weighted by molar-refractivity contribution is 0.0350. The minimum Gasteiger partial charge on any atom is -0.379 e. The summed E-state index contributed by atoms with van der Waals surface area (Å²) in [7, 11) is 0. The maximum atomic E-state index is 6.36. The predicted molar refractivity (Wildman–Crippen MR) is 144 cm³/mol. The number of nitrogens with zero attached hydrogens (tertiary/aromatic N) is 4. The fraction of sp³-hybridized carbons (Fsp3) is 0.407. The summed E-state index contributed by atoms with van der Waals surface area (Å²) in [4.78, 5) is 9.53. The van der Waals surface area contributed by atoms with Crippen LogP contribution in [0.3, 0.4) is 0 Å². The minimum absolute atomic E-state index is 0.0274. The number of ether oxygens (including phenoxy) is 1.